The van der Waals surface area contributed by atoms with Crippen LogP contribution >= 0.6 is 11.6 Å². The van der Waals surface area contributed by atoms with Gasteiger partial charge in [0.25, 0.3) is 5.56 Å². The summed E-state index contributed by atoms with van der Waals surface area (Å²) in [7, 11) is 0. The number of benzene rings is 1. The predicted octanol–water partition coefficient (Wildman–Crippen LogP) is 5.10. The molecule has 0 unspecified atom stereocenters. The van der Waals surface area contributed by atoms with Gasteiger partial charge in [0.1, 0.15) is 0 Å². The quantitative estimate of drug-likeness (QED) is 0.479. The zero-order valence-electron chi connectivity index (χ0n) is 18.8. The highest BCUT2D eigenvalue weighted by molar-refractivity contribution is 6.30. The number of carbonyl (C=O) groups is 1. The molecule has 1 aromatic carbocycles. The third-order valence-electron chi connectivity index (χ3n) is 6.21. The van der Waals surface area contributed by atoms with E-state index in [9.17, 15) is 22.8 Å². The number of nitrogens with zero attached hydrogens (tertiary/aromatic N) is 4. The molecular weight excluding hydrogens is 469 g/mol. The van der Waals surface area contributed by atoms with Crippen LogP contribution < -0.4 is 5.56 Å². The molecule has 0 N–H and O–H groups in total. The van der Waals surface area contributed by atoms with Gasteiger partial charge in [0.05, 0.1) is 12.1 Å². The van der Waals surface area contributed by atoms with Crippen molar-refractivity contribution in [3.05, 3.63) is 57.6 Å². The highest BCUT2D eigenvalue weighted by Crippen LogP contribution is 2.24. The van der Waals surface area contributed by atoms with Gasteiger partial charge in [-0.05, 0) is 44.7 Å². The third kappa shape index (κ3) is 5.46. The smallest absolute Gasteiger partial charge is 0.340 e. The summed E-state index contributed by atoms with van der Waals surface area (Å²) in [6.07, 6.45) is 0.441. The summed E-state index contributed by atoms with van der Waals surface area (Å²) >= 11 is 5.96. The summed E-state index contributed by atoms with van der Waals surface area (Å²) < 4.78 is 41.1. The molecule has 0 spiro atoms. The van der Waals surface area contributed by atoms with Gasteiger partial charge in [-0.15, -0.1) is 0 Å². The highest BCUT2D eigenvalue weighted by Gasteiger charge is 2.27. The number of likely N-dealkylation sites (tertiary alicyclic amines) is 1. The SMILES string of the molecule is C[C@H]1CCCCN1C(=O)Cc1cn(CCCC(F)(F)F)c2nc(-c3ccc(Cl)cc3)cn2c1=O. The maximum Gasteiger partial charge on any atom is 0.389 e. The summed E-state index contributed by atoms with van der Waals surface area (Å²) in [6.45, 7) is 2.65. The van der Waals surface area contributed by atoms with Crippen LogP contribution in [0, 0.1) is 0 Å². The second kappa shape index (κ2) is 9.82. The number of hydrogen-bond donors (Lipinski definition) is 0. The van der Waals surface area contributed by atoms with Crippen LogP contribution in [0.1, 0.15) is 44.6 Å². The lowest BCUT2D eigenvalue weighted by molar-refractivity contribution is -0.136. The third-order valence-corrected chi connectivity index (χ3v) is 6.47. The number of alkyl halides is 3. The number of aryl methyl sites for hydroxylation is 1. The van der Waals surface area contributed by atoms with Crippen LogP contribution in [-0.2, 0) is 17.8 Å². The zero-order valence-corrected chi connectivity index (χ0v) is 19.6. The van der Waals surface area contributed by atoms with Crippen molar-refractivity contribution in [2.24, 2.45) is 0 Å². The van der Waals surface area contributed by atoms with Crippen molar-refractivity contribution in [2.75, 3.05) is 6.54 Å². The number of aromatic nitrogens is 3. The minimum absolute atomic E-state index is 0.0155. The Balaban J connectivity index is 1.71. The fourth-order valence-corrected chi connectivity index (χ4v) is 4.53. The van der Waals surface area contributed by atoms with E-state index in [0.29, 0.717) is 22.8 Å². The Morgan fingerprint density at radius 3 is 2.59 bits per heavy atom. The van der Waals surface area contributed by atoms with Gasteiger partial charge in [-0.2, -0.15) is 13.2 Å². The number of piperidine rings is 1. The summed E-state index contributed by atoms with van der Waals surface area (Å²) in [5, 5.41) is 0.548. The lowest BCUT2D eigenvalue weighted by Gasteiger charge is -2.33. The van der Waals surface area contributed by atoms with Crippen molar-refractivity contribution < 1.29 is 18.0 Å². The summed E-state index contributed by atoms with van der Waals surface area (Å²) in [5.74, 6) is 0.0863. The van der Waals surface area contributed by atoms with Crippen molar-refractivity contribution in [3.8, 4) is 11.3 Å². The molecule has 1 saturated heterocycles. The lowest BCUT2D eigenvalue weighted by Crippen LogP contribution is -2.43. The molecule has 4 rings (SSSR count). The van der Waals surface area contributed by atoms with Crippen LogP contribution in [0.15, 0.2) is 41.5 Å². The lowest BCUT2D eigenvalue weighted by atomic mass is 10.0. The Morgan fingerprint density at radius 2 is 1.91 bits per heavy atom. The minimum Gasteiger partial charge on any atom is -0.340 e. The minimum atomic E-state index is -4.28. The van der Waals surface area contributed by atoms with Gasteiger partial charge in [-0.25, -0.2) is 4.98 Å². The van der Waals surface area contributed by atoms with Gasteiger partial charge >= 0.3 is 6.18 Å². The first-order chi connectivity index (χ1) is 16.1. The van der Waals surface area contributed by atoms with Crippen molar-refractivity contribution >= 4 is 23.3 Å². The van der Waals surface area contributed by atoms with Gasteiger partial charge in [-0.1, -0.05) is 23.7 Å². The second-order valence-corrected chi connectivity index (χ2v) is 9.22. The first-order valence-electron chi connectivity index (χ1n) is 11.4. The molecule has 0 aliphatic carbocycles. The number of amides is 1. The topological polar surface area (TPSA) is 59.6 Å². The Kier molecular flexibility index (Phi) is 7.02. The van der Waals surface area contributed by atoms with E-state index in [1.54, 1.807) is 35.4 Å². The molecule has 6 nitrogen and oxygen atoms in total. The normalized spacial score (nSPS) is 16.9. The fourth-order valence-electron chi connectivity index (χ4n) is 4.41. The second-order valence-electron chi connectivity index (χ2n) is 8.78. The summed E-state index contributed by atoms with van der Waals surface area (Å²) in [5.41, 5.74) is 1.05. The molecule has 1 aliphatic rings. The van der Waals surface area contributed by atoms with E-state index in [-0.39, 0.29) is 42.7 Å². The summed E-state index contributed by atoms with van der Waals surface area (Å²) in [6, 6.07) is 7.00. The number of hydrogen-bond acceptors (Lipinski definition) is 3. The number of imidazole rings is 1. The Labute approximate surface area is 200 Å². The molecule has 0 saturated carbocycles. The molecule has 0 radical (unpaired) electrons. The molecule has 3 heterocycles. The van der Waals surface area contributed by atoms with Crippen LogP contribution in [-0.4, -0.2) is 43.5 Å². The number of carbonyl (C=O) groups excluding carboxylic acids is 1. The Hall–Kier alpha value is -2.81. The van der Waals surface area contributed by atoms with Crippen LogP contribution in [0.5, 0.6) is 0 Å². The van der Waals surface area contributed by atoms with Crippen molar-refractivity contribution in [1.82, 2.24) is 18.9 Å². The fraction of sp³-hybridized carbons (Fsp3) is 0.458. The average Bonchev–Trinajstić information content (AvgIpc) is 3.22. The van der Waals surface area contributed by atoms with Crippen LogP contribution in [0.4, 0.5) is 13.2 Å². The van der Waals surface area contributed by atoms with E-state index >= 15 is 0 Å². The van der Waals surface area contributed by atoms with Crippen molar-refractivity contribution in [1.29, 1.82) is 0 Å². The largest absolute Gasteiger partial charge is 0.389 e. The van der Waals surface area contributed by atoms with E-state index in [0.717, 1.165) is 19.3 Å². The van der Waals surface area contributed by atoms with Crippen molar-refractivity contribution in [3.63, 3.8) is 0 Å². The molecule has 0 bridgehead atoms. The predicted molar refractivity (Wildman–Crippen MR) is 124 cm³/mol. The highest BCUT2D eigenvalue weighted by atomic mass is 35.5. The van der Waals surface area contributed by atoms with Gasteiger partial charge in [-0.3, -0.25) is 14.0 Å². The maximum absolute atomic E-state index is 13.3. The maximum atomic E-state index is 13.3. The standard InChI is InChI=1S/C24H26ClF3N4O2/c1-16-5-2-3-12-31(16)21(33)13-18-14-30(11-4-10-24(26,27)28)23-29-20(15-32(23)22(18)34)17-6-8-19(25)9-7-17/h6-9,14-16H,2-5,10-13H2,1H3/t16-/m0/s1. The van der Waals surface area contributed by atoms with Crippen LogP contribution in [0.25, 0.3) is 17.0 Å². The molecule has 2 aromatic heterocycles. The first kappa shape index (κ1) is 24.3. The van der Waals surface area contributed by atoms with Gasteiger partial charge < -0.3 is 9.47 Å². The molecule has 3 aromatic rings. The molecule has 10 heteroatoms. The van der Waals surface area contributed by atoms with E-state index < -0.39 is 18.2 Å². The van der Waals surface area contributed by atoms with E-state index in [1.807, 2.05) is 6.92 Å². The van der Waals surface area contributed by atoms with E-state index in [2.05, 4.69) is 4.98 Å². The summed E-state index contributed by atoms with van der Waals surface area (Å²) in [4.78, 5) is 32.5. The molecule has 1 amide bonds. The molecule has 1 atom stereocenters. The van der Waals surface area contributed by atoms with E-state index in [4.69, 9.17) is 11.6 Å². The first-order valence-corrected chi connectivity index (χ1v) is 11.7. The Bertz CT molecular complexity index is 1230. The van der Waals surface area contributed by atoms with Crippen LogP contribution in [0.3, 0.4) is 0 Å². The van der Waals surface area contributed by atoms with Crippen LogP contribution in [0.2, 0.25) is 5.02 Å². The number of halogens is 4. The van der Waals surface area contributed by atoms with E-state index in [1.165, 1.54) is 15.2 Å². The molecule has 1 aliphatic heterocycles. The average molecular weight is 495 g/mol. The number of fused-ring (bicyclic) bond motifs is 1. The molecular formula is C24H26ClF3N4O2. The van der Waals surface area contributed by atoms with Crippen molar-refractivity contribution in [2.45, 2.75) is 64.2 Å². The zero-order chi connectivity index (χ0) is 24.5. The number of rotatable bonds is 6. The van der Waals surface area contributed by atoms with Gasteiger partial charge in [0.2, 0.25) is 11.7 Å². The molecule has 34 heavy (non-hydrogen) atoms. The van der Waals surface area contributed by atoms with Gasteiger partial charge in [0.15, 0.2) is 0 Å². The molecule has 1 fully saturated rings. The Morgan fingerprint density at radius 1 is 1.18 bits per heavy atom. The molecule has 182 valence electrons. The monoisotopic (exact) mass is 494 g/mol. The van der Waals surface area contributed by atoms with Gasteiger partial charge in [0, 0.05) is 54.1 Å².